The maximum absolute atomic E-state index is 11.8. The van der Waals surface area contributed by atoms with Gasteiger partial charge in [0.05, 0.1) is 6.10 Å². The van der Waals surface area contributed by atoms with Crippen molar-refractivity contribution in [2.75, 3.05) is 13.1 Å². The Morgan fingerprint density at radius 2 is 1.89 bits per heavy atom. The normalized spacial score (nSPS) is 15.3. The summed E-state index contributed by atoms with van der Waals surface area (Å²) in [6.45, 7) is 3.05. The van der Waals surface area contributed by atoms with Gasteiger partial charge in [0, 0.05) is 31.0 Å². The molecule has 7 heteroatoms. The van der Waals surface area contributed by atoms with Gasteiger partial charge in [0.15, 0.2) is 0 Å². The van der Waals surface area contributed by atoms with Gasteiger partial charge in [-0.3, -0.25) is 4.98 Å². The lowest BCUT2D eigenvalue weighted by Gasteiger charge is -2.27. The number of rotatable bonds is 9. The molecule has 3 aromatic carbocycles. The van der Waals surface area contributed by atoms with E-state index in [1.165, 1.54) is 0 Å². The van der Waals surface area contributed by atoms with Crippen molar-refractivity contribution in [3.05, 3.63) is 107 Å². The smallest absolute Gasteiger partial charge is 0.339 e. The predicted octanol–water partition coefficient (Wildman–Crippen LogP) is 5.56. The second kappa shape index (κ2) is 11.5. The third kappa shape index (κ3) is 6.02. The molecule has 0 fully saturated rings. The standard InChI is InChI=1S/C31H30N2O5/c1-20-4-9-25(10-5-20)37-30-16-22(7-12-27(30)31(35)36)21-8-13-29-23(15-21)6-11-26(38-29)18-33-19-28(34)24-3-2-14-32-17-24/h2-5,7-10,12-17,26,28,33-34H,6,11,18-19H2,1H3,(H,35,36)/t26-,28-/m1/s1. The van der Waals surface area contributed by atoms with E-state index in [9.17, 15) is 15.0 Å². The van der Waals surface area contributed by atoms with Gasteiger partial charge in [0.2, 0.25) is 0 Å². The molecule has 1 aromatic heterocycles. The lowest BCUT2D eigenvalue weighted by Crippen LogP contribution is -2.36. The molecule has 0 unspecified atom stereocenters. The lowest BCUT2D eigenvalue weighted by atomic mass is 9.96. The fourth-order valence-electron chi connectivity index (χ4n) is 4.54. The van der Waals surface area contributed by atoms with Crippen LogP contribution in [0.2, 0.25) is 0 Å². The van der Waals surface area contributed by atoms with Crippen molar-refractivity contribution in [1.29, 1.82) is 0 Å². The molecule has 0 saturated heterocycles. The average Bonchev–Trinajstić information content (AvgIpc) is 2.94. The highest BCUT2D eigenvalue weighted by molar-refractivity contribution is 5.92. The number of hydrogen-bond acceptors (Lipinski definition) is 6. The number of nitrogens with one attached hydrogen (secondary N) is 1. The van der Waals surface area contributed by atoms with Crippen LogP contribution in [0.25, 0.3) is 11.1 Å². The Morgan fingerprint density at radius 1 is 1.11 bits per heavy atom. The molecule has 2 heterocycles. The Bertz CT molecular complexity index is 1410. The minimum absolute atomic E-state index is 0.0128. The van der Waals surface area contributed by atoms with Gasteiger partial charge in [-0.05, 0) is 78.9 Å². The zero-order valence-corrected chi connectivity index (χ0v) is 21.1. The molecule has 0 spiro atoms. The molecule has 0 radical (unpaired) electrons. The Balaban J connectivity index is 1.26. The number of carboxylic acids is 1. The number of carbonyl (C=O) groups is 1. The number of carboxylic acid groups (broad SMARTS) is 1. The molecule has 4 aromatic rings. The largest absolute Gasteiger partial charge is 0.489 e. The van der Waals surface area contributed by atoms with Crippen LogP contribution in [0.15, 0.2) is 85.2 Å². The van der Waals surface area contributed by atoms with Crippen LogP contribution in [0.3, 0.4) is 0 Å². The van der Waals surface area contributed by atoms with Crippen LogP contribution in [0.4, 0.5) is 0 Å². The number of nitrogens with zero attached hydrogens (tertiary/aromatic N) is 1. The van der Waals surface area contributed by atoms with Gasteiger partial charge >= 0.3 is 5.97 Å². The summed E-state index contributed by atoms with van der Waals surface area (Å²) in [5.74, 6) is 0.692. The Hall–Kier alpha value is -4.20. The number of pyridine rings is 1. The predicted molar refractivity (Wildman–Crippen MR) is 145 cm³/mol. The Kier molecular flexibility index (Phi) is 7.67. The first-order valence-corrected chi connectivity index (χ1v) is 12.7. The highest BCUT2D eigenvalue weighted by Crippen LogP contribution is 2.35. The van der Waals surface area contributed by atoms with Crippen LogP contribution in [0.1, 0.15) is 39.6 Å². The van der Waals surface area contributed by atoms with Gasteiger partial charge in [-0.25, -0.2) is 4.79 Å². The number of aliphatic hydroxyl groups excluding tert-OH is 1. The van der Waals surface area contributed by atoms with Crippen molar-refractivity contribution >= 4 is 5.97 Å². The molecule has 1 aliphatic rings. The number of hydrogen-bond donors (Lipinski definition) is 3. The van der Waals surface area contributed by atoms with Gasteiger partial charge in [0.1, 0.15) is 28.9 Å². The first-order valence-electron chi connectivity index (χ1n) is 12.7. The van der Waals surface area contributed by atoms with Gasteiger partial charge in [0.25, 0.3) is 0 Å². The first-order chi connectivity index (χ1) is 18.5. The van der Waals surface area contributed by atoms with E-state index in [1.807, 2.05) is 55.5 Å². The molecule has 38 heavy (non-hydrogen) atoms. The van der Waals surface area contributed by atoms with E-state index in [0.717, 1.165) is 46.4 Å². The van der Waals surface area contributed by atoms with Crippen LogP contribution < -0.4 is 14.8 Å². The second-order valence-electron chi connectivity index (χ2n) is 9.49. The fraction of sp³-hybridized carbons (Fsp3) is 0.226. The maximum atomic E-state index is 11.8. The summed E-state index contributed by atoms with van der Waals surface area (Å²) in [5, 5.41) is 23.3. The number of aromatic carboxylic acids is 1. The average molecular weight is 511 g/mol. The van der Waals surface area contributed by atoms with Crippen LogP contribution in [-0.2, 0) is 6.42 Å². The van der Waals surface area contributed by atoms with Crippen molar-refractivity contribution in [2.45, 2.75) is 32.0 Å². The molecular formula is C31H30N2O5. The topological polar surface area (TPSA) is 101 Å². The Morgan fingerprint density at radius 3 is 2.66 bits per heavy atom. The zero-order chi connectivity index (χ0) is 26.5. The quantitative estimate of drug-likeness (QED) is 0.271. The summed E-state index contributed by atoms with van der Waals surface area (Å²) >= 11 is 0. The summed E-state index contributed by atoms with van der Waals surface area (Å²) < 4.78 is 12.2. The molecular weight excluding hydrogens is 480 g/mol. The number of aromatic nitrogens is 1. The van der Waals surface area contributed by atoms with Gasteiger partial charge in [-0.2, -0.15) is 0 Å². The van der Waals surface area contributed by atoms with Crippen molar-refractivity contribution < 1.29 is 24.5 Å². The van der Waals surface area contributed by atoms with Gasteiger partial charge in [-0.1, -0.05) is 35.9 Å². The van der Waals surface area contributed by atoms with E-state index < -0.39 is 12.1 Å². The molecule has 7 nitrogen and oxygen atoms in total. The summed E-state index contributed by atoms with van der Waals surface area (Å²) in [6.07, 6.45) is 4.47. The molecule has 0 amide bonds. The minimum atomic E-state index is -1.04. The molecule has 0 aliphatic carbocycles. The number of ether oxygens (including phenoxy) is 2. The maximum Gasteiger partial charge on any atom is 0.339 e. The number of benzene rings is 3. The van der Waals surface area contributed by atoms with Crippen LogP contribution in [0.5, 0.6) is 17.2 Å². The third-order valence-electron chi connectivity index (χ3n) is 6.66. The van der Waals surface area contributed by atoms with Crippen molar-refractivity contribution in [2.24, 2.45) is 0 Å². The SMILES string of the molecule is Cc1ccc(Oc2cc(-c3ccc4c(c3)CC[C@H](CNC[C@@H](O)c3cccnc3)O4)ccc2C(=O)O)cc1. The molecule has 0 saturated carbocycles. The molecule has 0 bridgehead atoms. The van der Waals surface area contributed by atoms with Crippen LogP contribution in [-0.4, -0.2) is 40.4 Å². The van der Waals surface area contributed by atoms with Crippen LogP contribution in [0, 0.1) is 6.92 Å². The molecule has 1 aliphatic heterocycles. The van der Waals surface area contributed by atoms with Gasteiger partial charge in [-0.15, -0.1) is 0 Å². The lowest BCUT2D eigenvalue weighted by molar-refractivity contribution is 0.0694. The van der Waals surface area contributed by atoms with E-state index >= 15 is 0 Å². The zero-order valence-electron chi connectivity index (χ0n) is 21.1. The monoisotopic (exact) mass is 510 g/mol. The second-order valence-corrected chi connectivity index (χ2v) is 9.49. The number of aliphatic hydroxyl groups is 1. The highest BCUT2D eigenvalue weighted by Gasteiger charge is 2.21. The third-order valence-corrected chi connectivity index (χ3v) is 6.66. The van der Waals surface area contributed by atoms with E-state index in [-0.39, 0.29) is 11.7 Å². The fourth-order valence-corrected chi connectivity index (χ4v) is 4.54. The summed E-state index contributed by atoms with van der Waals surface area (Å²) in [7, 11) is 0. The minimum Gasteiger partial charge on any atom is -0.489 e. The van der Waals surface area contributed by atoms with E-state index in [0.29, 0.717) is 24.6 Å². The van der Waals surface area contributed by atoms with Crippen molar-refractivity contribution in [3.63, 3.8) is 0 Å². The summed E-state index contributed by atoms with van der Waals surface area (Å²) in [4.78, 5) is 15.9. The van der Waals surface area contributed by atoms with Gasteiger partial charge < -0.3 is 25.0 Å². The molecule has 5 rings (SSSR count). The Labute approximate surface area is 221 Å². The van der Waals surface area contributed by atoms with E-state index in [4.69, 9.17) is 9.47 Å². The number of fused-ring (bicyclic) bond motifs is 1. The summed E-state index contributed by atoms with van der Waals surface area (Å²) in [6, 6.07) is 22.4. The van der Waals surface area contributed by atoms with Crippen LogP contribution >= 0.6 is 0 Å². The molecule has 3 N–H and O–H groups in total. The van der Waals surface area contributed by atoms with Crippen molar-refractivity contribution in [1.82, 2.24) is 10.3 Å². The highest BCUT2D eigenvalue weighted by atomic mass is 16.5. The van der Waals surface area contributed by atoms with E-state index in [1.54, 1.807) is 30.6 Å². The first kappa shape index (κ1) is 25.4. The van der Waals surface area contributed by atoms with E-state index in [2.05, 4.69) is 16.4 Å². The summed E-state index contributed by atoms with van der Waals surface area (Å²) in [5.41, 5.74) is 4.94. The van der Waals surface area contributed by atoms with Crippen molar-refractivity contribution in [3.8, 4) is 28.4 Å². The number of aryl methyl sites for hydroxylation is 2. The molecule has 194 valence electrons. The molecule has 2 atom stereocenters.